The monoisotopic (exact) mass is 499 g/mol. The van der Waals surface area contributed by atoms with Gasteiger partial charge >= 0.3 is 0 Å². The van der Waals surface area contributed by atoms with Gasteiger partial charge in [-0.1, -0.05) is 23.7 Å². The minimum absolute atomic E-state index is 0.249. The number of halogens is 2. The molecule has 31 heavy (non-hydrogen) atoms. The lowest BCUT2D eigenvalue weighted by Gasteiger charge is -2.13. The normalized spacial score (nSPS) is 14.2. The highest BCUT2D eigenvalue weighted by atomic mass is 79.9. The molecular weight excluding hydrogens is 482 g/mol. The van der Waals surface area contributed by atoms with Crippen molar-refractivity contribution < 1.29 is 14.0 Å². The Morgan fingerprint density at radius 2 is 1.81 bits per heavy atom. The summed E-state index contributed by atoms with van der Waals surface area (Å²) in [5.74, 6) is 0.299. The van der Waals surface area contributed by atoms with Crippen LogP contribution in [0.15, 0.2) is 62.5 Å². The second-order valence-corrected chi connectivity index (χ2v) is 8.44. The molecule has 0 saturated heterocycles. The number of hydrazone groups is 1. The lowest BCUT2D eigenvalue weighted by molar-refractivity contribution is 0.0953. The second-order valence-electron chi connectivity index (χ2n) is 7.15. The van der Waals surface area contributed by atoms with E-state index in [1.165, 1.54) is 0 Å². The number of benzene rings is 2. The van der Waals surface area contributed by atoms with E-state index < -0.39 is 0 Å². The number of nitrogens with zero attached hydrogens (tertiary/aromatic N) is 1. The molecule has 2 N–H and O–H groups in total. The Kier molecular flexibility index (Phi) is 6.25. The summed E-state index contributed by atoms with van der Waals surface area (Å²) < 4.78 is 6.69. The van der Waals surface area contributed by atoms with Crippen molar-refractivity contribution >= 4 is 50.7 Å². The molecule has 4 rings (SSSR count). The standard InChI is InChI=1S/C23H19BrClN3O3/c1-13-20-18(27-28-22(29)14-9-11-15(25)12-10-14)7-4-8-19(20)31-21(13)23(30)26-17-6-3-2-5-16(17)24/h2-3,5-6,9-12H,4,7-8H2,1H3,(H,26,30)(H,28,29)/b27-18+. The lowest BCUT2D eigenvalue weighted by atomic mass is 9.93. The van der Waals surface area contributed by atoms with E-state index in [2.05, 4.69) is 31.8 Å². The fourth-order valence-electron chi connectivity index (χ4n) is 3.52. The van der Waals surface area contributed by atoms with Crippen LogP contribution >= 0.6 is 27.5 Å². The largest absolute Gasteiger partial charge is 0.455 e. The molecular formula is C23H19BrClN3O3. The minimum atomic E-state index is -0.330. The van der Waals surface area contributed by atoms with E-state index in [1.54, 1.807) is 30.3 Å². The van der Waals surface area contributed by atoms with Crippen LogP contribution in [0.25, 0.3) is 0 Å². The van der Waals surface area contributed by atoms with Gasteiger partial charge in [0.15, 0.2) is 5.76 Å². The Morgan fingerprint density at radius 3 is 2.55 bits per heavy atom. The molecule has 0 spiro atoms. The number of carbonyl (C=O) groups excluding carboxylic acids is 2. The van der Waals surface area contributed by atoms with Gasteiger partial charge in [0, 0.05) is 32.6 Å². The van der Waals surface area contributed by atoms with Crippen LogP contribution in [0.4, 0.5) is 5.69 Å². The molecule has 2 aromatic carbocycles. The van der Waals surface area contributed by atoms with Crippen molar-refractivity contribution in [2.24, 2.45) is 5.10 Å². The van der Waals surface area contributed by atoms with Crippen LogP contribution in [-0.2, 0) is 6.42 Å². The SMILES string of the molecule is Cc1c(C(=O)Nc2ccccc2Br)oc2c1/C(=N/NC(=O)c1ccc(Cl)cc1)CCC2. The van der Waals surface area contributed by atoms with Gasteiger partial charge in [0.05, 0.1) is 11.4 Å². The zero-order valence-corrected chi connectivity index (χ0v) is 19.0. The molecule has 0 atom stereocenters. The molecule has 1 aromatic heterocycles. The topological polar surface area (TPSA) is 83.7 Å². The molecule has 2 amide bonds. The zero-order valence-electron chi connectivity index (χ0n) is 16.7. The Morgan fingerprint density at radius 1 is 1.06 bits per heavy atom. The van der Waals surface area contributed by atoms with Crippen molar-refractivity contribution in [2.45, 2.75) is 26.2 Å². The fraction of sp³-hybridized carbons (Fsp3) is 0.174. The Hall–Kier alpha value is -2.90. The smallest absolute Gasteiger partial charge is 0.291 e. The van der Waals surface area contributed by atoms with Crippen LogP contribution in [0.5, 0.6) is 0 Å². The highest BCUT2D eigenvalue weighted by Crippen LogP contribution is 2.31. The van der Waals surface area contributed by atoms with Crippen molar-refractivity contribution in [1.82, 2.24) is 5.43 Å². The second kappa shape index (κ2) is 9.08. The number of hydrogen-bond acceptors (Lipinski definition) is 4. The van der Waals surface area contributed by atoms with Gasteiger partial charge in [0.2, 0.25) is 0 Å². The van der Waals surface area contributed by atoms with Gasteiger partial charge < -0.3 is 9.73 Å². The summed E-state index contributed by atoms with van der Waals surface area (Å²) in [6.45, 7) is 1.83. The Balaban J connectivity index is 1.57. The molecule has 1 aliphatic carbocycles. The first kappa shape index (κ1) is 21.3. The molecule has 0 aliphatic heterocycles. The van der Waals surface area contributed by atoms with Crippen LogP contribution in [0.2, 0.25) is 5.02 Å². The quantitative estimate of drug-likeness (QED) is 0.449. The number of fused-ring (bicyclic) bond motifs is 1. The summed E-state index contributed by atoms with van der Waals surface area (Å²) >= 11 is 9.30. The van der Waals surface area contributed by atoms with Crippen LogP contribution < -0.4 is 10.7 Å². The van der Waals surface area contributed by atoms with Crippen molar-refractivity contribution in [3.63, 3.8) is 0 Å². The maximum absolute atomic E-state index is 12.8. The number of carbonyl (C=O) groups is 2. The van der Waals surface area contributed by atoms with Crippen LogP contribution in [-0.4, -0.2) is 17.5 Å². The first-order valence-corrected chi connectivity index (χ1v) is 10.9. The minimum Gasteiger partial charge on any atom is -0.455 e. The summed E-state index contributed by atoms with van der Waals surface area (Å²) in [7, 11) is 0. The number of rotatable bonds is 4. The number of aryl methyl sites for hydroxylation is 1. The van der Waals surface area contributed by atoms with E-state index in [-0.39, 0.29) is 17.6 Å². The fourth-order valence-corrected chi connectivity index (χ4v) is 4.03. The Labute approximate surface area is 192 Å². The third kappa shape index (κ3) is 4.57. The van der Waals surface area contributed by atoms with Crippen LogP contribution in [0.3, 0.4) is 0 Å². The highest BCUT2D eigenvalue weighted by molar-refractivity contribution is 9.10. The molecule has 0 fully saturated rings. The van der Waals surface area contributed by atoms with Crippen molar-refractivity contribution in [3.8, 4) is 0 Å². The maximum atomic E-state index is 12.8. The molecule has 158 valence electrons. The Bertz CT molecular complexity index is 1190. The summed E-state index contributed by atoms with van der Waals surface area (Å²) in [5.41, 5.74) is 5.92. The van der Waals surface area contributed by atoms with E-state index >= 15 is 0 Å². The summed E-state index contributed by atoms with van der Waals surface area (Å²) in [6.07, 6.45) is 2.21. The molecule has 3 aromatic rings. The van der Waals surface area contributed by atoms with E-state index in [4.69, 9.17) is 16.0 Å². The van der Waals surface area contributed by atoms with Gasteiger partial charge in [-0.05, 0) is 72.1 Å². The number of para-hydroxylation sites is 1. The number of nitrogens with one attached hydrogen (secondary N) is 2. The van der Waals surface area contributed by atoms with Crippen LogP contribution in [0.1, 0.15) is 50.6 Å². The van der Waals surface area contributed by atoms with Crippen LogP contribution in [0, 0.1) is 6.92 Å². The molecule has 0 saturated carbocycles. The number of furan rings is 1. The zero-order chi connectivity index (χ0) is 22.0. The van der Waals surface area contributed by atoms with Gasteiger partial charge in [0.25, 0.3) is 11.8 Å². The summed E-state index contributed by atoms with van der Waals surface area (Å²) in [5, 5.41) is 7.76. The first-order chi connectivity index (χ1) is 14.9. The van der Waals surface area contributed by atoms with Gasteiger partial charge in [-0.15, -0.1) is 0 Å². The van der Waals surface area contributed by atoms with E-state index in [1.807, 2.05) is 25.1 Å². The molecule has 0 bridgehead atoms. The summed E-state index contributed by atoms with van der Waals surface area (Å²) in [6, 6.07) is 13.9. The molecule has 8 heteroatoms. The molecule has 1 aliphatic rings. The number of hydrogen-bond donors (Lipinski definition) is 2. The van der Waals surface area contributed by atoms with E-state index in [9.17, 15) is 9.59 Å². The third-order valence-corrected chi connectivity index (χ3v) is 6.00. The highest BCUT2D eigenvalue weighted by Gasteiger charge is 2.28. The predicted molar refractivity (Wildman–Crippen MR) is 124 cm³/mol. The molecule has 0 unspecified atom stereocenters. The molecule has 0 radical (unpaired) electrons. The maximum Gasteiger partial charge on any atom is 0.291 e. The van der Waals surface area contributed by atoms with Gasteiger partial charge in [-0.25, -0.2) is 5.43 Å². The predicted octanol–water partition coefficient (Wildman–Crippen LogP) is 5.73. The average molecular weight is 501 g/mol. The first-order valence-electron chi connectivity index (χ1n) is 9.75. The van der Waals surface area contributed by atoms with Crippen molar-refractivity contribution in [3.05, 3.63) is 86.2 Å². The molecule has 6 nitrogen and oxygen atoms in total. The van der Waals surface area contributed by atoms with Gasteiger partial charge in [0.1, 0.15) is 5.76 Å². The lowest BCUT2D eigenvalue weighted by Crippen LogP contribution is -2.22. The summed E-state index contributed by atoms with van der Waals surface area (Å²) in [4.78, 5) is 25.2. The number of anilines is 1. The number of amides is 2. The third-order valence-electron chi connectivity index (χ3n) is 5.05. The average Bonchev–Trinajstić information content (AvgIpc) is 3.11. The van der Waals surface area contributed by atoms with Crippen molar-refractivity contribution in [1.29, 1.82) is 0 Å². The van der Waals surface area contributed by atoms with Gasteiger partial charge in [-0.3, -0.25) is 9.59 Å². The molecule has 1 heterocycles. The van der Waals surface area contributed by atoms with E-state index in [0.717, 1.165) is 16.5 Å². The van der Waals surface area contributed by atoms with Crippen molar-refractivity contribution in [2.75, 3.05) is 5.32 Å². The van der Waals surface area contributed by atoms with E-state index in [0.29, 0.717) is 46.2 Å². The van der Waals surface area contributed by atoms with Gasteiger partial charge in [-0.2, -0.15) is 5.10 Å².